The molecule has 0 aromatic heterocycles. The van der Waals surface area contributed by atoms with Crippen molar-refractivity contribution in [3.63, 3.8) is 0 Å². The maximum Gasteiger partial charge on any atom is 0.246 e. The van der Waals surface area contributed by atoms with Gasteiger partial charge in [-0.15, -0.1) is 0 Å². The molecule has 8 nitrogen and oxygen atoms in total. The van der Waals surface area contributed by atoms with E-state index in [0.717, 1.165) is 11.1 Å². The molecule has 0 aliphatic carbocycles. The van der Waals surface area contributed by atoms with Crippen molar-refractivity contribution in [1.82, 2.24) is 9.62 Å². The normalized spacial score (nSPS) is 16.1. The van der Waals surface area contributed by atoms with Crippen LogP contribution in [-0.2, 0) is 24.3 Å². The maximum atomic E-state index is 13.1. The number of hydrogen-bond acceptors (Lipinski definition) is 6. The van der Waals surface area contributed by atoms with Crippen LogP contribution in [0.25, 0.3) is 0 Å². The van der Waals surface area contributed by atoms with Crippen LogP contribution in [0.4, 0.5) is 0 Å². The molecule has 1 aliphatic rings. The van der Waals surface area contributed by atoms with Crippen molar-refractivity contribution in [2.45, 2.75) is 37.6 Å². The van der Waals surface area contributed by atoms with Gasteiger partial charge in [0.15, 0.2) is 0 Å². The number of nitrogens with zero attached hydrogens (tertiary/aromatic N) is 1. The topological polar surface area (TPSA) is 94.2 Å². The standard InChI is InChI=1S/C19H30N2O6S/c1-14-11-17(26-4)18(12-15(14)2)28(23,24)21-7-5-16(6-8-21)20-19(22)13-27-10-9-25-3/h11-12,16H,5-10,13H2,1-4H3,(H,20,22). The van der Waals surface area contributed by atoms with Gasteiger partial charge in [-0.2, -0.15) is 4.31 Å². The fourth-order valence-electron chi connectivity index (χ4n) is 3.08. The Kier molecular flexibility index (Phi) is 8.23. The summed E-state index contributed by atoms with van der Waals surface area (Å²) in [6, 6.07) is 3.35. The summed E-state index contributed by atoms with van der Waals surface area (Å²) in [6.45, 7) is 5.25. The molecule has 1 aliphatic heterocycles. The molecule has 0 radical (unpaired) electrons. The molecule has 1 heterocycles. The van der Waals surface area contributed by atoms with Crippen LogP contribution in [0.2, 0.25) is 0 Å². The molecule has 9 heteroatoms. The van der Waals surface area contributed by atoms with Gasteiger partial charge in [-0.1, -0.05) is 0 Å². The molecular formula is C19H30N2O6S. The molecular weight excluding hydrogens is 384 g/mol. The summed E-state index contributed by atoms with van der Waals surface area (Å²) in [7, 11) is -0.619. The summed E-state index contributed by atoms with van der Waals surface area (Å²) in [6.07, 6.45) is 1.10. The number of sulfonamides is 1. The van der Waals surface area contributed by atoms with E-state index in [1.165, 1.54) is 11.4 Å². The Morgan fingerprint density at radius 1 is 1.14 bits per heavy atom. The van der Waals surface area contributed by atoms with Crippen LogP contribution in [0.5, 0.6) is 5.75 Å². The highest BCUT2D eigenvalue weighted by Crippen LogP contribution is 2.31. The van der Waals surface area contributed by atoms with E-state index in [1.54, 1.807) is 19.2 Å². The predicted octanol–water partition coefficient (Wildman–Crippen LogP) is 1.24. The van der Waals surface area contributed by atoms with Gasteiger partial charge in [0.05, 0.1) is 20.3 Å². The van der Waals surface area contributed by atoms with Crippen molar-refractivity contribution in [2.75, 3.05) is 47.1 Å². The molecule has 0 atom stereocenters. The minimum Gasteiger partial charge on any atom is -0.495 e. The Hall–Kier alpha value is -1.68. The van der Waals surface area contributed by atoms with Gasteiger partial charge in [0, 0.05) is 26.2 Å². The lowest BCUT2D eigenvalue weighted by Gasteiger charge is -2.32. The van der Waals surface area contributed by atoms with Gasteiger partial charge >= 0.3 is 0 Å². The zero-order valence-corrected chi connectivity index (χ0v) is 17.8. The fraction of sp³-hybridized carbons (Fsp3) is 0.632. The third kappa shape index (κ3) is 5.66. The average Bonchev–Trinajstić information content (AvgIpc) is 2.67. The Bertz CT molecular complexity index is 773. The van der Waals surface area contributed by atoms with Crippen LogP contribution in [0, 0.1) is 13.8 Å². The third-order valence-electron chi connectivity index (χ3n) is 4.88. The van der Waals surface area contributed by atoms with Crippen molar-refractivity contribution in [1.29, 1.82) is 0 Å². The smallest absolute Gasteiger partial charge is 0.246 e. The number of ether oxygens (including phenoxy) is 3. The minimum atomic E-state index is -3.66. The summed E-state index contributed by atoms with van der Waals surface area (Å²) in [5.41, 5.74) is 1.87. The highest BCUT2D eigenvalue weighted by molar-refractivity contribution is 7.89. The first-order valence-electron chi connectivity index (χ1n) is 9.31. The number of carbonyl (C=O) groups is 1. The van der Waals surface area contributed by atoms with E-state index >= 15 is 0 Å². The molecule has 1 aromatic carbocycles. The summed E-state index contributed by atoms with van der Waals surface area (Å²) in [5, 5.41) is 2.90. The molecule has 158 valence electrons. The number of aryl methyl sites for hydroxylation is 2. The van der Waals surface area contributed by atoms with Crippen LogP contribution < -0.4 is 10.1 Å². The second-order valence-electron chi connectivity index (χ2n) is 6.88. The van der Waals surface area contributed by atoms with E-state index in [2.05, 4.69) is 5.32 Å². The van der Waals surface area contributed by atoms with Gasteiger partial charge in [-0.3, -0.25) is 4.79 Å². The van der Waals surface area contributed by atoms with Gasteiger partial charge in [-0.25, -0.2) is 8.42 Å². The summed E-state index contributed by atoms with van der Waals surface area (Å²) < 4.78 is 43.0. The van der Waals surface area contributed by atoms with Crippen LogP contribution >= 0.6 is 0 Å². The van der Waals surface area contributed by atoms with Gasteiger partial charge in [0.25, 0.3) is 0 Å². The van der Waals surface area contributed by atoms with Crippen molar-refractivity contribution in [3.8, 4) is 5.75 Å². The highest BCUT2D eigenvalue weighted by Gasteiger charge is 2.32. The number of benzene rings is 1. The number of amides is 1. The van der Waals surface area contributed by atoms with Crippen LogP contribution in [0.3, 0.4) is 0 Å². The van der Waals surface area contributed by atoms with E-state index in [9.17, 15) is 13.2 Å². The summed E-state index contributed by atoms with van der Waals surface area (Å²) >= 11 is 0. The maximum absolute atomic E-state index is 13.1. The lowest BCUT2D eigenvalue weighted by molar-refractivity contribution is -0.127. The molecule has 1 amide bonds. The van der Waals surface area contributed by atoms with E-state index < -0.39 is 10.0 Å². The van der Waals surface area contributed by atoms with Crippen molar-refractivity contribution < 1.29 is 27.4 Å². The highest BCUT2D eigenvalue weighted by atomic mass is 32.2. The molecule has 0 bridgehead atoms. The second kappa shape index (κ2) is 10.2. The Labute approximate surface area is 167 Å². The van der Waals surface area contributed by atoms with Gasteiger partial charge in [0.2, 0.25) is 15.9 Å². The van der Waals surface area contributed by atoms with Gasteiger partial charge in [-0.05, 0) is 49.9 Å². The van der Waals surface area contributed by atoms with E-state index in [4.69, 9.17) is 14.2 Å². The van der Waals surface area contributed by atoms with Crippen molar-refractivity contribution in [3.05, 3.63) is 23.3 Å². The van der Waals surface area contributed by atoms with Crippen molar-refractivity contribution in [2.24, 2.45) is 0 Å². The lowest BCUT2D eigenvalue weighted by Crippen LogP contribution is -2.47. The zero-order chi connectivity index (χ0) is 20.7. The largest absolute Gasteiger partial charge is 0.495 e. The van der Waals surface area contributed by atoms with Gasteiger partial charge in [0.1, 0.15) is 17.3 Å². The minimum absolute atomic E-state index is 0.0261. The molecule has 1 aromatic rings. The number of methoxy groups -OCH3 is 2. The van der Waals surface area contributed by atoms with Crippen LogP contribution in [-0.4, -0.2) is 71.8 Å². The Morgan fingerprint density at radius 2 is 1.79 bits per heavy atom. The van der Waals surface area contributed by atoms with E-state index in [-0.39, 0.29) is 23.5 Å². The molecule has 0 spiro atoms. The van der Waals surface area contributed by atoms with Gasteiger partial charge < -0.3 is 19.5 Å². The molecule has 1 N–H and O–H groups in total. The van der Waals surface area contributed by atoms with Crippen LogP contribution in [0.15, 0.2) is 17.0 Å². The molecule has 1 saturated heterocycles. The number of piperidine rings is 1. The average molecular weight is 415 g/mol. The molecule has 1 fully saturated rings. The first-order chi connectivity index (χ1) is 13.3. The number of nitrogens with one attached hydrogen (secondary N) is 1. The van der Waals surface area contributed by atoms with E-state index in [1.807, 2.05) is 13.8 Å². The molecule has 0 unspecified atom stereocenters. The molecule has 0 saturated carbocycles. The number of hydrogen-bond donors (Lipinski definition) is 1. The zero-order valence-electron chi connectivity index (χ0n) is 17.0. The van der Waals surface area contributed by atoms with E-state index in [0.29, 0.717) is 44.9 Å². The quantitative estimate of drug-likeness (QED) is 0.611. The lowest BCUT2D eigenvalue weighted by atomic mass is 10.1. The predicted molar refractivity (Wildman–Crippen MR) is 105 cm³/mol. The number of rotatable bonds is 9. The first kappa shape index (κ1) is 22.6. The SMILES string of the molecule is COCCOCC(=O)NC1CCN(S(=O)(=O)c2cc(C)c(C)cc2OC)CC1. The second-order valence-corrected chi connectivity index (χ2v) is 8.78. The van der Waals surface area contributed by atoms with Crippen LogP contribution in [0.1, 0.15) is 24.0 Å². The Morgan fingerprint density at radius 3 is 2.39 bits per heavy atom. The molecule has 28 heavy (non-hydrogen) atoms. The Balaban J connectivity index is 1.95. The number of carbonyl (C=O) groups excluding carboxylic acids is 1. The monoisotopic (exact) mass is 414 g/mol. The fourth-order valence-corrected chi connectivity index (χ4v) is 4.77. The van der Waals surface area contributed by atoms with Crippen molar-refractivity contribution >= 4 is 15.9 Å². The third-order valence-corrected chi connectivity index (χ3v) is 6.80. The summed E-state index contributed by atoms with van der Waals surface area (Å²) in [4.78, 5) is 12.1. The first-order valence-corrected chi connectivity index (χ1v) is 10.7. The summed E-state index contributed by atoms with van der Waals surface area (Å²) in [5.74, 6) is 0.153. The molecule has 2 rings (SSSR count).